The molecule has 0 bridgehead atoms. The summed E-state index contributed by atoms with van der Waals surface area (Å²) in [5, 5.41) is 0. The standard InChI is InChI=1S/C16H13N5O3/c22-14-8-18-11(7-19-14)16(23)21-5-3-13-12(9-21)20-15(24-13)10-2-1-4-17-6-10/h1-2,4,6-8H,3,5,9H2,(H,19,22). The van der Waals surface area contributed by atoms with Crippen LogP contribution >= 0.6 is 0 Å². The van der Waals surface area contributed by atoms with Gasteiger partial charge in [0.25, 0.3) is 11.5 Å². The third kappa shape index (κ3) is 2.58. The summed E-state index contributed by atoms with van der Waals surface area (Å²) in [7, 11) is 0. The summed E-state index contributed by atoms with van der Waals surface area (Å²) < 4.78 is 5.79. The number of rotatable bonds is 2. The summed E-state index contributed by atoms with van der Waals surface area (Å²) >= 11 is 0. The zero-order valence-corrected chi connectivity index (χ0v) is 12.6. The quantitative estimate of drug-likeness (QED) is 0.755. The fourth-order valence-corrected chi connectivity index (χ4v) is 2.61. The van der Waals surface area contributed by atoms with Crippen LogP contribution in [0.3, 0.4) is 0 Å². The second-order valence-electron chi connectivity index (χ2n) is 5.40. The van der Waals surface area contributed by atoms with Crippen molar-refractivity contribution in [3.63, 3.8) is 0 Å². The van der Waals surface area contributed by atoms with Crippen LogP contribution < -0.4 is 5.56 Å². The average molecular weight is 323 g/mol. The van der Waals surface area contributed by atoms with Gasteiger partial charge in [-0.05, 0) is 12.1 Å². The SMILES string of the molecule is O=C(c1c[nH]c(=O)cn1)N1CCc2oc(-c3cccnc3)nc2C1. The number of fused-ring (bicyclic) bond motifs is 1. The highest BCUT2D eigenvalue weighted by Crippen LogP contribution is 2.26. The summed E-state index contributed by atoms with van der Waals surface area (Å²) in [6, 6.07) is 3.69. The molecule has 1 amide bonds. The van der Waals surface area contributed by atoms with Crippen LogP contribution in [0.5, 0.6) is 0 Å². The molecule has 1 aliphatic rings. The lowest BCUT2D eigenvalue weighted by molar-refractivity contribution is 0.0721. The van der Waals surface area contributed by atoms with Crippen molar-refractivity contribution in [3.05, 3.63) is 64.4 Å². The van der Waals surface area contributed by atoms with E-state index in [1.807, 2.05) is 12.1 Å². The van der Waals surface area contributed by atoms with Crippen molar-refractivity contribution in [2.45, 2.75) is 13.0 Å². The Bertz CT molecular complexity index is 927. The molecule has 0 unspecified atom stereocenters. The molecule has 120 valence electrons. The van der Waals surface area contributed by atoms with Crippen molar-refractivity contribution < 1.29 is 9.21 Å². The number of hydrogen-bond acceptors (Lipinski definition) is 6. The molecule has 0 radical (unpaired) electrons. The molecule has 3 aromatic rings. The maximum Gasteiger partial charge on any atom is 0.274 e. The molecule has 1 aliphatic heterocycles. The number of oxazole rings is 1. The van der Waals surface area contributed by atoms with Gasteiger partial charge in [0.05, 0.1) is 18.3 Å². The highest BCUT2D eigenvalue weighted by molar-refractivity contribution is 5.92. The lowest BCUT2D eigenvalue weighted by atomic mass is 10.1. The Kier molecular flexibility index (Phi) is 3.42. The fourth-order valence-electron chi connectivity index (χ4n) is 2.61. The molecule has 0 saturated heterocycles. The van der Waals surface area contributed by atoms with E-state index in [4.69, 9.17) is 4.42 Å². The van der Waals surface area contributed by atoms with Crippen LogP contribution in [0.1, 0.15) is 21.9 Å². The largest absolute Gasteiger partial charge is 0.441 e. The minimum Gasteiger partial charge on any atom is -0.441 e. The maximum absolute atomic E-state index is 12.5. The van der Waals surface area contributed by atoms with Crippen molar-refractivity contribution in [2.24, 2.45) is 0 Å². The van der Waals surface area contributed by atoms with Crippen molar-refractivity contribution >= 4 is 5.91 Å². The minimum atomic E-state index is -0.343. The molecule has 0 saturated carbocycles. The van der Waals surface area contributed by atoms with Crippen LogP contribution in [0.25, 0.3) is 11.5 Å². The van der Waals surface area contributed by atoms with Gasteiger partial charge in [0.2, 0.25) is 5.89 Å². The van der Waals surface area contributed by atoms with E-state index in [1.165, 1.54) is 6.20 Å². The third-order valence-electron chi connectivity index (χ3n) is 3.81. The van der Waals surface area contributed by atoms with Gasteiger partial charge in [-0.15, -0.1) is 0 Å². The van der Waals surface area contributed by atoms with E-state index >= 15 is 0 Å². The predicted molar refractivity (Wildman–Crippen MR) is 83.0 cm³/mol. The van der Waals surface area contributed by atoms with Gasteiger partial charge in [0, 0.05) is 31.6 Å². The Morgan fingerprint density at radius 1 is 1.33 bits per heavy atom. The number of H-pyrrole nitrogens is 1. The van der Waals surface area contributed by atoms with Crippen molar-refractivity contribution in [1.82, 2.24) is 24.8 Å². The van der Waals surface area contributed by atoms with E-state index in [0.29, 0.717) is 25.4 Å². The third-order valence-corrected chi connectivity index (χ3v) is 3.81. The number of carbonyl (C=O) groups is 1. The molecule has 3 aromatic heterocycles. The number of pyridine rings is 1. The Morgan fingerprint density at radius 2 is 2.25 bits per heavy atom. The first-order valence-corrected chi connectivity index (χ1v) is 7.44. The van der Waals surface area contributed by atoms with Crippen LogP contribution in [-0.2, 0) is 13.0 Å². The van der Waals surface area contributed by atoms with Gasteiger partial charge in [-0.1, -0.05) is 0 Å². The fraction of sp³-hybridized carbons (Fsp3) is 0.188. The lowest BCUT2D eigenvalue weighted by Gasteiger charge is -2.24. The van der Waals surface area contributed by atoms with Gasteiger partial charge < -0.3 is 14.3 Å². The summed E-state index contributed by atoms with van der Waals surface area (Å²) in [5.74, 6) is 1.04. The molecule has 0 spiro atoms. The van der Waals surface area contributed by atoms with E-state index in [9.17, 15) is 9.59 Å². The Balaban J connectivity index is 1.57. The summed E-state index contributed by atoms with van der Waals surface area (Å²) in [6.07, 6.45) is 6.37. The second-order valence-corrected chi connectivity index (χ2v) is 5.40. The number of nitrogens with one attached hydrogen (secondary N) is 1. The zero-order valence-electron chi connectivity index (χ0n) is 12.6. The monoisotopic (exact) mass is 323 g/mol. The van der Waals surface area contributed by atoms with Gasteiger partial charge in [0.15, 0.2) is 0 Å². The van der Waals surface area contributed by atoms with E-state index in [1.54, 1.807) is 17.3 Å². The summed E-state index contributed by atoms with van der Waals surface area (Å²) in [5.41, 5.74) is 1.39. The first-order valence-electron chi connectivity index (χ1n) is 7.44. The van der Waals surface area contributed by atoms with Gasteiger partial charge in [0.1, 0.15) is 17.1 Å². The summed E-state index contributed by atoms with van der Waals surface area (Å²) in [4.78, 5) is 40.0. The van der Waals surface area contributed by atoms with E-state index in [2.05, 4.69) is 19.9 Å². The predicted octanol–water partition coefficient (Wildman–Crippen LogP) is 1.02. The molecule has 4 heterocycles. The lowest BCUT2D eigenvalue weighted by Crippen LogP contribution is -2.36. The molecular formula is C16H13N5O3. The zero-order chi connectivity index (χ0) is 16.5. The van der Waals surface area contributed by atoms with Crippen LogP contribution in [0, 0.1) is 0 Å². The Morgan fingerprint density at radius 3 is 3.00 bits per heavy atom. The minimum absolute atomic E-state index is 0.203. The van der Waals surface area contributed by atoms with Crippen molar-refractivity contribution in [2.75, 3.05) is 6.54 Å². The van der Waals surface area contributed by atoms with Crippen molar-refractivity contribution in [3.8, 4) is 11.5 Å². The molecule has 4 rings (SSSR count). The van der Waals surface area contributed by atoms with Crippen LogP contribution in [0.4, 0.5) is 0 Å². The molecular weight excluding hydrogens is 310 g/mol. The molecule has 24 heavy (non-hydrogen) atoms. The molecule has 1 N–H and O–H groups in total. The number of nitrogens with zero attached hydrogens (tertiary/aromatic N) is 4. The van der Waals surface area contributed by atoms with E-state index in [-0.39, 0.29) is 17.2 Å². The molecule has 0 aromatic carbocycles. The number of carbonyl (C=O) groups excluding carboxylic acids is 1. The molecule has 0 atom stereocenters. The smallest absolute Gasteiger partial charge is 0.274 e. The first kappa shape index (κ1) is 14.3. The van der Waals surface area contributed by atoms with Crippen LogP contribution in [0.15, 0.2) is 46.1 Å². The van der Waals surface area contributed by atoms with E-state index < -0.39 is 0 Å². The maximum atomic E-state index is 12.5. The number of aromatic amines is 1. The Hall–Kier alpha value is -3.29. The van der Waals surface area contributed by atoms with Crippen LogP contribution in [0.2, 0.25) is 0 Å². The normalized spacial score (nSPS) is 13.6. The van der Waals surface area contributed by atoms with Gasteiger partial charge in [-0.3, -0.25) is 14.6 Å². The second kappa shape index (κ2) is 5.73. The number of amides is 1. The topological polar surface area (TPSA) is 105 Å². The van der Waals surface area contributed by atoms with E-state index in [0.717, 1.165) is 23.2 Å². The summed E-state index contributed by atoms with van der Waals surface area (Å²) in [6.45, 7) is 0.854. The molecule has 8 heteroatoms. The molecule has 0 aliphatic carbocycles. The Labute approximate surface area is 136 Å². The highest BCUT2D eigenvalue weighted by atomic mass is 16.4. The highest BCUT2D eigenvalue weighted by Gasteiger charge is 2.27. The molecule has 0 fully saturated rings. The number of hydrogen-bond donors (Lipinski definition) is 1. The van der Waals surface area contributed by atoms with Gasteiger partial charge in [-0.25, -0.2) is 9.97 Å². The van der Waals surface area contributed by atoms with Crippen molar-refractivity contribution in [1.29, 1.82) is 0 Å². The number of aromatic nitrogens is 4. The van der Waals surface area contributed by atoms with Crippen LogP contribution in [-0.4, -0.2) is 37.3 Å². The first-order chi connectivity index (χ1) is 11.7. The average Bonchev–Trinajstić information content (AvgIpc) is 3.06. The molecule has 8 nitrogen and oxygen atoms in total. The van der Waals surface area contributed by atoms with Gasteiger partial charge in [-0.2, -0.15) is 0 Å². The van der Waals surface area contributed by atoms with Gasteiger partial charge >= 0.3 is 0 Å².